The van der Waals surface area contributed by atoms with Gasteiger partial charge in [-0.2, -0.15) is 0 Å². The quantitative estimate of drug-likeness (QED) is 0.647. The first-order chi connectivity index (χ1) is 7.33. The van der Waals surface area contributed by atoms with Gasteiger partial charge in [0.1, 0.15) is 0 Å². The minimum atomic E-state index is 0.899. The zero-order valence-corrected chi connectivity index (χ0v) is 10.3. The van der Waals surface area contributed by atoms with Crippen LogP contribution in [0.1, 0.15) is 25.7 Å². The summed E-state index contributed by atoms with van der Waals surface area (Å²) >= 11 is 0. The summed E-state index contributed by atoms with van der Waals surface area (Å²) in [5, 5.41) is 3.55. The van der Waals surface area contributed by atoms with Crippen LogP contribution in [0.2, 0.25) is 0 Å². The lowest BCUT2D eigenvalue weighted by atomic mass is 9.97. The molecule has 15 heavy (non-hydrogen) atoms. The Hall–Kier alpha value is -0.120. The summed E-state index contributed by atoms with van der Waals surface area (Å²) < 4.78 is 5.02. The largest absolute Gasteiger partial charge is 0.385 e. The van der Waals surface area contributed by atoms with Crippen LogP contribution in [0.4, 0.5) is 0 Å². The fourth-order valence-electron chi connectivity index (χ4n) is 2.07. The highest BCUT2D eigenvalue weighted by molar-refractivity contribution is 4.71. The van der Waals surface area contributed by atoms with Gasteiger partial charge < -0.3 is 15.0 Å². The molecule has 0 saturated carbocycles. The first-order valence-corrected chi connectivity index (χ1v) is 6.21. The van der Waals surface area contributed by atoms with E-state index >= 15 is 0 Å². The molecule has 0 bridgehead atoms. The molecule has 90 valence electrons. The maximum atomic E-state index is 5.02. The molecule has 0 unspecified atom stereocenters. The summed E-state index contributed by atoms with van der Waals surface area (Å²) in [5.74, 6) is 0.906. The molecular weight excluding hydrogens is 188 g/mol. The first kappa shape index (κ1) is 12.9. The molecule has 0 amide bonds. The van der Waals surface area contributed by atoms with Gasteiger partial charge in [0.15, 0.2) is 0 Å². The van der Waals surface area contributed by atoms with Crippen LogP contribution < -0.4 is 5.32 Å². The summed E-state index contributed by atoms with van der Waals surface area (Å²) in [7, 11) is 3.99. The van der Waals surface area contributed by atoms with Gasteiger partial charge in [0.2, 0.25) is 0 Å². The molecule has 1 fully saturated rings. The third-order valence-corrected chi connectivity index (χ3v) is 3.22. The third kappa shape index (κ3) is 6.13. The maximum absolute atomic E-state index is 5.02. The van der Waals surface area contributed by atoms with Gasteiger partial charge in [-0.1, -0.05) is 0 Å². The minimum absolute atomic E-state index is 0.899. The molecule has 0 radical (unpaired) electrons. The van der Waals surface area contributed by atoms with Crippen LogP contribution in [0, 0.1) is 5.92 Å². The van der Waals surface area contributed by atoms with E-state index in [0.717, 1.165) is 19.1 Å². The molecule has 3 heteroatoms. The predicted octanol–water partition coefficient (Wildman–Crippen LogP) is 1.34. The van der Waals surface area contributed by atoms with E-state index in [0.29, 0.717) is 0 Å². The second kappa shape index (κ2) is 8.08. The van der Waals surface area contributed by atoms with Gasteiger partial charge in [-0.25, -0.2) is 0 Å². The van der Waals surface area contributed by atoms with Crippen LogP contribution in [0.25, 0.3) is 0 Å². The Bertz CT molecular complexity index is 145. The summed E-state index contributed by atoms with van der Waals surface area (Å²) in [5.41, 5.74) is 0. The molecule has 1 aliphatic heterocycles. The molecular formula is C12H26N2O. The Morgan fingerprint density at radius 1 is 1.27 bits per heavy atom. The number of nitrogens with one attached hydrogen (secondary N) is 1. The Labute approximate surface area is 94.2 Å². The van der Waals surface area contributed by atoms with Crippen molar-refractivity contribution >= 4 is 0 Å². The first-order valence-electron chi connectivity index (χ1n) is 6.21. The number of likely N-dealkylation sites (tertiary alicyclic amines) is 1. The van der Waals surface area contributed by atoms with E-state index in [1.54, 1.807) is 7.11 Å². The lowest BCUT2D eigenvalue weighted by Gasteiger charge is -2.29. The molecule has 3 nitrogen and oxygen atoms in total. The van der Waals surface area contributed by atoms with E-state index in [-0.39, 0.29) is 0 Å². The third-order valence-electron chi connectivity index (χ3n) is 3.22. The minimum Gasteiger partial charge on any atom is -0.385 e. The number of rotatable bonds is 7. The van der Waals surface area contributed by atoms with Crippen LogP contribution in [-0.4, -0.2) is 51.8 Å². The van der Waals surface area contributed by atoms with Crippen molar-refractivity contribution in [1.82, 2.24) is 10.2 Å². The van der Waals surface area contributed by atoms with Crippen molar-refractivity contribution in [3.05, 3.63) is 0 Å². The number of hydrogen-bond donors (Lipinski definition) is 1. The van der Waals surface area contributed by atoms with E-state index in [9.17, 15) is 0 Å². The number of methoxy groups -OCH3 is 1. The average Bonchev–Trinajstić information content (AvgIpc) is 2.26. The number of ether oxygens (including phenoxy) is 1. The summed E-state index contributed by atoms with van der Waals surface area (Å²) in [6.07, 6.45) is 5.14. The Kier molecular flexibility index (Phi) is 6.98. The fraction of sp³-hybridized carbons (Fsp3) is 1.00. The van der Waals surface area contributed by atoms with Crippen LogP contribution in [0.3, 0.4) is 0 Å². The molecule has 0 aromatic heterocycles. The fourth-order valence-corrected chi connectivity index (χ4v) is 2.07. The highest BCUT2D eigenvalue weighted by Crippen LogP contribution is 2.14. The zero-order valence-electron chi connectivity index (χ0n) is 10.3. The highest BCUT2D eigenvalue weighted by atomic mass is 16.5. The summed E-state index contributed by atoms with van der Waals surface area (Å²) in [6.45, 7) is 5.80. The molecule has 1 heterocycles. The Morgan fingerprint density at radius 3 is 2.67 bits per heavy atom. The van der Waals surface area contributed by atoms with Gasteiger partial charge in [-0.3, -0.25) is 0 Å². The van der Waals surface area contributed by atoms with Crippen molar-refractivity contribution in [2.45, 2.75) is 25.7 Å². The molecule has 0 aromatic rings. The van der Waals surface area contributed by atoms with E-state index in [4.69, 9.17) is 4.74 Å². The van der Waals surface area contributed by atoms with Crippen LogP contribution >= 0.6 is 0 Å². The lowest BCUT2D eigenvalue weighted by molar-refractivity contribution is 0.191. The molecule has 0 aliphatic carbocycles. The average molecular weight is 214 g/mol. The zero-order chi connectivity index (χ0) is 10.9. The number of piperidine rings is 1. The van der Waals surface area contributed by atoms with Gasteiger partial charge in [0, 0.05) is 13.7 Å². The van der Waals surface area contributed by atoms with Crippen molar-refractivity contribution < 1.29 is 4.74 Å². The topological polar surface area (TPSA) is 24.5 Å². The van der Waals surface area contributed by atoms with Crippen LogP contribution in [0.15, 0.2) is 0 Å². The lowest BCUT2D eigenvalue weighted by Crippen LogP contribution is -2.35. The van der Waals surface area contributed by atoms with Crippen molar-refractivity contribution in [2.24, 2.45) is 5.92 Å². The maximum Gasteiger partial charge on any atom is 0.0462 e. The molecule has 0 aromatic carbocycles. The van der Waals surface area contributed by atoms with E-state index in [1.165, 1.54) is 45.3 Å². The van der Waals surface area contributed by atoms with E-state index in [1.807, 2.05) is 0 Å². The van der Waals surface area contributed by atoms with E-state index < -0.39 is 0 Å². The highest BCUT2D eigenvalue weighted by Gasteiger charge is 2.15. The molecule has 1 rings (SSSR count). The molecule has 0 atom stereocenters. The second-order valence-electron chi connectivity index (χ2n) is 4.65. The Balaban J connectivity index is 1.87. The molecule has 0 spiro atoms. The predicted molar refractivity (Wildman–Crippen MR) is 64.2 cm³/mol. The number of nitrogens with zero attached hydrogens (tertiary/aromatic N) is 1. The smallest absolute Gasteiger partial charge is 0.0462 e. The van der Waals surface area contributed by atoms with Gasteiger partial charge in [-0.15, -0.1) is 0 Å². The molecule has 1 aliphatic rings. The van der Waals surface area contributed by atoms with Gasteiger partial charge in [-0.05, 0) is 64.8 Å². The van der Waals surface area contributed by atoms with Crippen molar-refractivity contribution in [1.29, 1.82) is 0 Å². The van der Waals surface area contributed by atoms with Crippen molar-refractivity contribution in [3.8, 4) is 0 Å². The normalized spacial score (nSPS) is 19.6. The van der Waals surface area contributed by atoms with Crippen molar-refractivity contribution in [2.75, 3.05) is 46.9 Å². The number of unbranched alkanes of at least 4 members (excludes halogenated alkanes) is 1. The van der Waals surface area contributed by atoms with Gasteiger partial charge in [0.05, 0.1) is 0 Å². The summed E-state index contributed by atoms with van der Waals surface area (Å²) in [6, 6.07) is 0. The van der Waals surface area contributed by atoms with E-state index in [2.05, 4.69) is 17.3 Å². The van der Waals surface area contributed by atoms with Crippen molar-refractivity contribution in [3.63, 3.8) is 0 Å². The standard InChI is InChI=1S/C12H26N2O/c1-14-8-5-12(6-9-14)11-13-7-3-4-10-15-2/h12-13H,3-11H2,1-2H3. The van der Waals surface area contributed by atoms with Crippen LogP contribution in [-0.2, 0) is 4.74 Å². The summed E-state index contributed by atoms with van der Waals surface area (Å²) in [4.78, 5) is 2.43. The molecule has 1 N–H and O–H groups in total. The van der Waals surface area contributed by atoms with Crippen LogP contribution in [0.5, 0.6) is 0 Å². The molecule has 1 saturated heterocycles. The van der Waals surface area contributed by atoms with Gasteiger partial charge in [0.25, 0.3) is 0 Å². The Morgan fingerprint density at radius 2 is 2.00 bits per heavy atom. The monoisotopic (exact) mass is 214 g/mol. The SMILES string of the molecule is COCCCCNCC1CCN(C)CC1. The van der Waals surface area contributed by atoms with Gasteiger partial charge >= 0.3 is 0 Å². The number of hydrogen-bond acceptors (Lipinski definition) is 3. The second-order valence-corrected chi connectivity index (χ2v) is 4.65.